The maximum atomic E-state index is 11.1. The van der Waals surface area contributed by atoms with Gasteiger partial charge in [0.05, 0.1) is 22.4 Å². The molecule has 0 bridgehead atoms. The van der Waals surface area contributed by atoms with Crippen LogP contribution in [0.25, 0.3) is 0 Å². The third-order valence-electron chi connectivity index (χ3n) is 2.36. The van der Waals surface area contributed by atoms with E-state index in [-0.39, 0.29) is 21.4 Å². The molecule has 0 aliphatic heterocycles. The van der Waals surface area contributed by atoms with Gasteiger partial charge in [-0.1, -0.05) is 46.7 Å². The summed E-state index contributed by atoms with van der Waals surface area (Å²) in [6, 6.07) is 0. The summed E-state index contributed by atoms with van der Waals surface area (Å²) < 4.78 is 0. The molecule has 0 unspecified atom stereocenters. The number of rotatable bonds is 4. The normalized spacial score (nSPS) is 9.80. The molecule has 25 heavy (non-hydrogen) atoms. The standard InChI is InChI=1S/C6H7ClN4OS.C6H5ClN2O2S/c1-13-6-9-2-3(7)4(10-6)5(12)11-8;1-12-6-8-2-3(7)4(9-6)5(10)11/h2H,8H2,1H3,(H,11,12);2H,1H3,(H,10,11). The van der Waals surface area contributed by atoms with Crippen LogP contribution in [0.2, 0.25) is 10.0 Å². The highest BCUT2D eigenvalue weighted by atomic mass is 35.5. The van der Waals surface area contributed by atoms with E-state index in [1.807, 2.05) is 5.43 Å². The average Bonchev–Trinajstić information content (AvgIpc) is 2.62. The molecule has 13 heteroatoms. The summed E-state index contributed by atoms with van der Waals surface area (Å²) in [5, 5.41) is 9.71. The lowest BCUT2D eigenvalue weighted by Crippen LogP contribution is -2.31. The smallest absolute Gasteiger partial charge is 0.356 e. The van der Waals surface area contributed by atoms with Crippen LogP contribution in [0.15, 0.2) is 22.7 Å². The van der Waals surface area contributed by atoms with Crippen LogP contribution in [-0.4, -0.2) is 49.4 Å². The summed E-state index contributed by atoms with van der Waals surface area (Å²) in [7, 11) is 0. The number of thioether (sulfide) groups is 2. The van der Waals surface area contributed by atoms with Gasteiger partial charge in [-0.15, -0.1) is 0 Å². The summed E-state index contributed by atoms with van der Waals surface area (Å²) in [6.07, 6.45) is 6.21. The van der Waals surface area contributed by atoms with Crippen LogP contribution < -0.4 is 11.3 Å². The van der Waals surface area contributed by atoms with Crippen molar-refractivity contribution in [1.29, 1.82) is 0 Å². The molecule has 0 aliphatic carbocycles. The van der Waals surface area contributed by atoms with Crippen LogP contribution in [0.3, 0.4) is 0 Å². The Morgan fingerprint density at radius 2 is 1.48 bits per heavy atom. The van der Waals surface area contributed by atoms with E-state index in [0.29, 0.717) is 10.3 Å². The molecule has 0 saturated heterocycles. The minimum absolute atomic E-state index is 0.0558. The zero-order valence-corrected chi connectivity index (χ0v) is 16.0. The molecule has 2 rings (SSSR count). The van der Waals surface area contributed by atoms with Gasteiger partial charge in [-0.05, 0) is 12.5 Å². The molecule has 134 valence electrons. The molecule has 9 nitrogen and oxygen atoms in total. The minimum atomic E-state index is -1.14. The number of amides is 1. The van der Waals surface area contributed by atoms with Crippen LogP contribution in [0, 0.1) is 0 Å². The third kappa shape index (κ3) is 6.29. The molecule has 0 aliphatic rings. The molecule has 0 radical (unpaired) electrons. The molecule has 0 spiro atoms. The number of hydrogen-bond acceptors (Lipinski definition) is 9. The lowest BCUT2D eigenvalue weighted by molar-refractivity contribution is 0.0689. The Morgan fingerprint density at radius 3 is 1.88 bits per heavy atom. The van der Waals surface area contributed by atoms with Crippen LogP contribution in [0.4, 0.5) is 0 Å². The number of aromatic carboxylic acids is 1. The van der Waals surface area contributed by atoms with Crippen molar-refractivity contribution >= 4 is 58.6 Å². The van der Waals surface area contributed by atoms with Crippen molar-refractivity contribution in [3.63, 3.8) is 0 Å². The van der Waals surface area contributed by atoms with Gasteiger partial charge in [0.25, 0.3) is 5.91 Å². The Balaban J connectivity index is 0.000000251. The number of carbonyl (C=O) groups is 2. The van der Waals surface area contributed by atoms with Crippen molar-refractivity contribution in [2.75, 3.05) is 12.5 Å². The number of aromatic nitrogens is 4. The third-order valence-corrected chi connectivity index (χ3v) is 4.03. The second-order valence-corrected chi connectivity index (χ2v) is 6.25. The fourth-order valence-electron chi connectivity index (χ4n) is 1.28. The monoisotopic (exact) mass is 422 g/mol. The van der Waals surface area contributed by atoms with E-state index < -0.39 is 11.9 Å². The summed E-state index contributed by atoms with van der Waals surface area (Å²) in [6.45, 7) is 0. The highest BCUT2D eigenvalue weighted by molar-refractivity contribution is 7.98. The average molecular weight is 423 g/mol. The SMILES string of the molecule is CSc1ncc(Cl)c(C(=O)NN)n1.CSc1ncc(Cl)c(C(=O)O)n1. The summed E-state index contributed by atoms with van der Waals surface area (Å²) in [4.78, 5) is 36.9. The van der Waals surface area contributed by atoms with Gasteiger partial charge in [-0.2, -0.15) is 0 Å². The van der Waals surface area contributed by atoms with Crippen molar-refractivity contribution < 1.29 is 14.7 Å². The summed E-state index contributed by atoms with van der Waals surface area (Å²) in [5.74, 6) is 3.27. The van der Waals surface area contributed by atoms with Gasteiger partial charge in [0.15, 0.2) is 21.7 Å². The van der Waals surface area contributed by atoms with E-state index in [9.17, 15) is 9.59 Å². The predicted octanol–water partition coefficient (Wildman–Crippen LogP) is 2.01. The van der Waals surface area contributed by atoms with E-state index >= 15 is 0 Å². The maximum absolute atomic E-state index is 11.1. The number of halogens is 2. The number of hydrazine groups is 1. The molecule has 2 aromatic heterocycles. The van der Waals surface area contributed by atoms with Gasteiger partial charge >= 0.3 is 5.97 Å². The number of nitrogens with two attached hydrogens (primary N) is 1. The molecule has 1 amide bonds. The Morgan fingerprint density at radius 1 is 1.04 bits per heavy atom. The quantitative estimate of drug-likeness (QED) is 0.220. The van der Waals surface area contributed by atoms with E-state index in [1.165, 1.54) is 35.9 Å². The van der Waals surface area contributed by atoms with Crippen molar-refractivity contribution in [2.24, 2.45) is 5.84 Å². The molecule has 0 aromatic carbocycles. The van der Waals surface area contributed by atoms with E-state index in [4.69, 9.17) is 34.2 Å². The van der Waals surface area contributed by atoms with Gasteiger partial charge in [0.2, 0.25) is 0 Å². The molecule has 4 N–H and O–H groups in total. The Bertz CT molecular complexity index is 781. The fourth-order valence-corrected chi connectivity index (χ4v) is 2.31. The number of nitrogens with zero attached hydrogens (tertiary/aromatic N) is 4. The number of nitrogens with one attached hydrogen (secondary N) is 1. The van der Waals surface area contributed by atoms with Gasteiger partial charge in [-0.25, -0.2) is 30.6 Å². The Labute approximate surface area is 161 Å². The second-order valence-electron chi connectivity index (χ2n) is 3.89. The predicted molar refractivity (Wildman–Crippen MR) is 96.3 cm³/mol. The number of carboxylic acids is 1. The van der Waals surface area contributed by atoms with Crippen molar-refractivity contribution in [3.8, 4) is 0 Å². The lowest BCUT2D eigenvalue weighted by atomic mass is 10.4. The van der Waals surface area contributed by atoms with Crippen LogP contribution in [0.1, 0.15) is 21.0 Å². The first kappa shape index (κ1) is 21.4. The first-order valence-electron chi connectivity index (χ1n) is 6.21. The first-order valence-corrected chi connectivity index (χ1v) is 9.41. The van der Waals surface area contributed by atoms with Gasteiger partial charge in [0, 0.05) is 0 Å². The summed E-state index contributed by atoms with van der Waals surface area (Å²) >= 11 is 13.8. The molecular formula is C12H12Cl2N6O3S2. The number of nitrogen functional groups attached to an aromatic ring is 1. The zero-order valence-electron chi connectivity index (χ0n) is 12.9. The van der Waals surface area contributed by atoms with Crippen LogP contribution in [0.5, 0.6) is 0 Å². The molecule has 0 atom stereocenters. The van der Waals surface area contributed by atoms with Gasteiger partial charge < -0.3 is 5.11 Å². The van der Waals surface area contributed by atoms with Crippen molar-refractivity contribution in [2.45, 2.75) is 10.3 Å². The maximum Gasteiger partial charge on any atom is 0.356 e. The molecule has 2 aromatic rings. The Kier molecular flexibility index (Phi) is 8.86. The largest absolute Gasteiger partial charge is 0.476 e. The molecule has 0 fully saturated rings. The summed E-state index contributed by atoms with van der Waals surface area (Å²) in [5.41, 5.74) is 1.88. The minimum Gasteiger partial charge on any atom is -0.476 e. The first-order chi connectivity index (χ1) is 11.8. The second kappa shape index (κ2) is 10.4. The van der Waals surface area contributed by atoms with Gasteiger partial charge in [-0.3, -0.25) is 10.2 Å². The van der Waals surface area contributed by atoms with E-state index in [2.05, 4.69) is 19.9 Å². The molecule has 0 saturated carbocycles. The highest BCUT2D eigenvalue weighted by Crippen LogP contribution is 2.16. The molecular weight excluding hydrogens is 411 g/mol. The van der Waals surface area contributed by atoms with Crippen LogP contribution in [-0.2, 0) is 0 Å². The number of hydrogen-bond donors (Lipinski definition) is 3. The van der Waals surface area contributed by atoms with E-state index in [0.717, 1.165) is 0 Å². The number of carbonyl (C=O) groups excluding carboxylic acids is 1. The zero-order chi connectivity index (χ0) is 19.0. The lowest BCUT2D eigenvalue weighted by Gasteiger charge is -2.01. The number of carboxylic acid groups (broad SMARTS) is 1. The van der Waals surface area contributed by atoms with E-state index in [1.54, 1.807) is 12.5 Å². The van der Waals surface area contributed by atoms with Crippen molar-refractivity contribution in [1.82, 2.24) is 25.4 Å². The highest BCUT2D eigenvalue weighted by Gasteiger charge is 2.12. The topological polar surface area (TPSA) is 144 Å². The van der Waals surface area contributed by atoms with Gasteiger partial charge in [0.1, 0.15) is 0 Å². The van der Waals surface area contributed by atoms with Crippen LogP contribution >= 0.6 is 46.7 Å². The fraction of sp³-hybridized carbons (Fsp3) is 0.167. The van der Waals surface area contributed by atoms with Crippen molar-refractivity contribution in [3.05, 3.63) is 33.8 Å². The Hall–Kier alpha value is -1.66. The molecule has 2 heterocycles.